The van der Waals surface area contributed by atoms with E-state index in [-0.39, 0.29) is 23.8 Å². The Kier molecular flexibility index (Phi) is 6.26. The number of fused-ring (bicyclic) bond motifs is 1. The highest BCUT2D eigenvalue weighted by atomic mass is 16.2. The van der Waals surface area contributed by atoms with Gasteiger partial charge in [-0.15, -0.1) is 10.2 Å². The molecule has 0 spiro atoms. The fraction of sp³-hybridized carbons (Fsp3) is 0.476. The van der Waals surface area contributed by atoms with E-state index >= 15 is 0 Å². The van der Waals surface area contributed by atoms with Crippen LogP contribution in [0.4, 0.5) is 0 Å². The van der Waals surface area contributed by atoms with Gasteiger partial charge in [-0.1, -0.05) is 29.8 Å². The Morgan fingerprint density at radius 2 is 2.16 bits per heavy atom. The molecule has 164 valence electrons. The smallest absolute Gasteiger partial charge is 0.268 e. The monoisotopic (exact) mass is 424 g/mol. The second-order valence-electron chi connectivity index (χ2n) is 8.03. The molecule has 0 aliphatic heterocycles. The van der Waals surface area contributed by atoms with Gasteiger partial charge >= 0.3 is 0 Å². The summed E-state index contributed by atoms with van der Waals surface area (Å²) in [5.74, 6) is 0.144. The second-order valence-corrected chi connectivity index (χ2v) is 8.03. The summed E-state index contributed by atoms with van der Waals surface area (Å²) in [6.45, 7) is 0.447. The first-order chi connectivity index (χ1) is 15.1. The number of H-pyrrole nitrogens is 1. The van der Waals surface area contributed by atoms with Crippen molar-refractivity contribution < 1.29 is 9.59 Å². The molecule has 0 saturated heterocycles. The highest BCUT2D eigenvalue weighted by molar-refractivity contribution is 6.00. The number of nitrogens with one attached hydrogen (secondary N) is 3. The molecule has 0 unspecified atom stereocenters. The van der Waals surface area contributed by atoms with Crippen molar-refractivity contribution in [3.05, 3.63) is 41.9 Å². The molecule has 31 heavy (non-hydrogen) atoms. The first kappa shape index (κ1) is 21.0. The zero-order chi connectivity index (χ0) is 21.8. The van der Waals surface area contributed by atoms with E-state index in [1.807, 2.05) is 41.9 Å². The van der Waals surface area contributed by atoms with Crippen molar-refractivity contribution in [3.8, 4) is 0 Å². The average molecular weight is 425 g/mol. The van der Waals surface area contributed by atoms with E-state index in [4.69, 9.17) is 5.73 Å². The predicted octanol–water partition coefficient (Wildman–Crippen LogP) is 0.981. The molecule has 0 radical (unpaired) electrons. The van der Waals surface area contributed by atoms with Crippen LogP contribution < -0.4 is 16.4 Å². The maximum Gasteiger partial charge on any atom is 0.268 e. The Morgan fingerprint density at radius 1 is 1.32 bits per heavy atom. The zero-order valence-corrected chi connectivity index (χ0v) is 17.5. The van der Waals surface area contributed by atoms with Crippen molar-refractivity contribution in [2.75, 3.05) is 6.54 Å². The van der Waals surface area contributed by atoms with Crippen LogP contribution >= 0.6 is 0 Å². The maximum absolute atomic E-state index is 13.1. The van der Waals surface area contributed by atoms with Crippen LogP contribution in [0.3, 0.4) is 0 Å². The average Bonchev–Trinajstić information content (AvgIpc) is 3.51. The lowest BCUT2D eigenvalue weighted by Crippen LogP contribution is -2.50. The third-order valence-electron chi connectivity index (χ3n) is 6.04. The SMILES string of the molecule is Cn1c(C(=O)N[C@@H](CCCN)C(=O)N[C@H]2CCC[C@H]2c2nn[nH]n2)cc2ccccc21. The van der Waals surface area contributed by atoms with Crippen molar-refractivity contribution in [3.63, 3.8) is 0 Å². The van der Waals surface area contributed by atoms with Gasteiger partial charge in [-0.25, -0.2) is 0 Å². The van der Waals surface area contributed by atoms with Crippen molar-refractivity contribution in [2.24, 2.45) is 12.8 Å². The lowest BCUT2D eigenvalue weighted by Gasteiger charge is -2.23. The van der Waals surface area contributed by atoms with Crippen LogP contribution in [0.25, 0.3) is 10.9 Å². The molecule has 1 aliphatic rings. The van der Waals surface area contributed by atoms with E-state index in [0.717, 1.165) is 30.2 Å². The molecule has 1 aliphatic carbocycles. The number of aromatic nitrogens is 5. The van der Waals surface area contributed by atoms with Crippen LogP contribution in [0.2, 0.25) is 0 Å². The highest BCUT2D eigenvalue weighted by Crippen LogP contribution is 2.32. The Hall–Kier alpha value is -3.27. The number of hydrogen-bond acceptors (Lipinski definition) is 6. The Balaban J connectivity index is 1.47. The molecule has 2 amide bonds. The van der Waals surface area contributed by atoms with E-state index < -0.39 is 6.04 Å². The normalized spacial score (nSPS) is 19.4. The van der Waals surface area contributed by atoms with Crippen LogP contribution in [0, 0.1) is 0 Å². The van der Waals surface area contributed by atoms with E-state index in [2.05, 4.69) is 31.3 Å². The number of rotatable bonds is 8. The van der Waals surface area contributed by atoms with Crippen LogP contribution in [-0.2, 0) is 11.8 Å². The summed E-state index contributed by atoms with van der Waals surface area (Å²) in [5.41, 5.74) is 7.14. The minimum absolute atomic E-state index is 0.0201. The quantitative estimate of drug-likeness (QED) is 0.424. The van der Waals surface area contributed by atoms with Gasteiger partial charge in [0, 0.05) is 29.9 Å². The Labute approximate surface area is 179 Å². The van der Waals surface area contributed by atoms with E-state index in [9.17, 15) is 9.59 Å². The van der Waals surface area contributed by atoms with Crippen molar-refractivity contribution in [2.45, 2.75) is 50.1 Å². The largest absolute Gasteiger partial charge is 0.351 e. The molecule has 10 heteroatoms. The number of aromatic amines is 1. The number of aryl methyl sites for hydroxylation is 1. The van der Waals surface area contributed by atoms with Gasteiger partial charge in [-0.2, -0.15) is 5.21 Å². The van der Waals surface area contributed by atoms with Gasteiger partial charge < -0.3 is 20.9 Å². The fourth-order valence-corrected chi connectivity index (χ4v) is 4.38. The molecule has 1 fully saturated rings. The third-order valence-corrected chi connectivity index (χ3v) is 6.04. The summed E-state index contributed by atoms with van der Waals surface area (Å²) in [6, 6.07) is 8.88. The highest BCUT2D eigenvalue weighted by Gasteiger charge is 2.34. The van der Waals surface area contributed by atoms with Gasteiger partial charge in [0.1, 0.15) is 11.7 Å². The molecule has 3 atom stereocenters. The van der Waals surface area contributed by atoms with Crippen LogP contribution in [0.5, 0.6) is 0 Å². The number of nitrogens with zero attached hydrogens (tertiary/aromatic N) is 4. The summed E-state index contributed by atoms with van der Waals surface area (Å²) >= 11 is 0. The lowest BCUT2D eigenvalue weighted by atomic mass is 10.0. The van der Waals surface area contributed by atoms with Gasteiger partial charge in [0.2, 0.25) is 5.91 Å². The van der Waals surface area contributed by atoms with Gasteiger partial charge in [-0.3, -0.25) is 9.59 Å². The number of amides is 2. The summed E-state index contributed by atoms with van der Waals surface area (Å²) < 4.78 is 1.84. The predicted molar refractivity (Wildman–Crippen MR) is 115 cm³/mol. The van der Waals surface area contributed by atoms with E-state index in [0.29, 0.717) is 30.9 Å². The molecule has 2 aromatic heterocycles. The summed E-state index contributed by atoms with van der Waals surface area (Å²) in [4.78, 5) is 26.1. The van der Waals surface area contributed by atoms with Gasteiger partial charge in [-0.05, 0) is 44.4 Å². The molecule has 1 saturated carbocycles. The fourth-order valence-electron chi connectivity index (χ4n) is 4.38. The van der Waals surface area contributed by atoms with Gasteiger partial charge in [0.25, 0.3) is 5.91 Å². The lowest BCUT2D eigenvalue weighted by molar-refractivity contribution is -0.123. The van der Waals surface area contributed by atoms with Crippen molar-refractivity contribution >= 4 is 22.7 Å². The number of tetrazole rings is 1. The number of carbonyl (C=O) groups is 2. The Morgan fingerprint density at radius 3 is 2.90 bits per heavy atom. The third kappa shape index (κ3) is 4.43. The molecular formula is C21H28N8O2. The molecule has 1 aromatic carbocycles. The summed E-state index contributed by atoms with van der Waals surface area (Å²) in [6.07, 6.45) is 3.80. The molecule has 0 bridgehead atoms. The van der Waals surface area contributed by atoms with E-state index in [1.165, 1.54) is 0 Å². The number of benzene rings is 1. The molecular weight excluding hydrogens is 396 g/mol. The molecule has 3 aromatic rings. The summed E-state index contributed by atoms with van der Waals surface area (Å²) in [5, 5.41) is 21.3. The molecule has 5 N–H and O–H groups in total. The van der Waals surface area contributed by atoms with Gasteiger partial charge in [0.05, 0.1) is 0 Å². The zero-order valence-electron chi connectivity index (χ0n) is 17.5. The van der Waals surface area contributed by atoms with Crippen LogP contribution in [0.1, 0.15) is 54.3 Å². The topological polar surface area (TPSA) is 144 Å². The van der Waals surface area contributed by atoms with Crippen LogP contribution in [0.15, 0.2) is 30.3 Å². The number of hydrogen-bond donors (Lipinski definition) is 4. The molecule has 4 rings (SSSR count). The Bertz CT molecular complexity index is 1050. The molecule has 2 heterocycles. The number of carbonyl (C=O) groups excluding carboxylic acids is 2. The summed E-state index contributed by atoms with van der Waals surface area (Å²) in [7, 11) is 1.85. The first-order valence-electron chi connectivity index (χ1n) is 10.7. The molecule has 10 nitrogen and oxygen atoms in total. The van der Waals surface area contributed by atoms with Crippen LogP contribution in [-0.4, -0.2) is 55.6 Å². The maximum atomic E-state index is 13.1. The van der Waals surface area contributed by atoms with Crippen molar-refractivity contribution in [1.29, 1.82) is 0 Å². The minimum Gasteiger partial charge on any atom is -0.351 e. The number of nitrogens with two attached hydrogens (primary N) is 1. The van der Waals surface area contributed by atoms with Gasteiger partial charge in [0.15, 0.2) is 5.82 Å². The first-order valence-corrected chi connectivity index (χ1v) is 10.7. The minimum atomic E-state index is -0.666. The standard InChI is InChI=1S/C21H28N8O2/c1-29-17-10-3-2-6-13(17)12-18(29)21(31)24-16(9-5-11-22)20(30)23-15-8-4-7-14(15)19-25-27-28-26-19/h2-3,6,10,12,14-16H,4-5,7-9,11,22H2,1H3,(H,23,30)(H,24,31)(H,25,26,27,28)/t14-,15+,16+/m1/s1. The van der Waals surface area contributed by atoms with Crippen molar-refractivity contribution in [1.82, 2.24) is 35.8 Å². The number of para-hydroxylation sites is 1. The second kappa shape index (κ2) is 9.25. The van der Waals surface area contributed by atoms with E-state index in [1.54, 1.807) is 0 Å².